The summed E-state index contributed by atoms with van der Waals surface area (Å²) in [6.45, 7) is 0.133. The molecule has 7 heteroatoms. The van der Waals surface area contributed by atoms with E-state index in [9.17, 15) is 9.59 Å². The average molecular weight is 282 g/mol. The third-order valence-corrected chi connectivity index (χ3v) is 2.51. The van der Waals surface area contributed by atoms with E-state index in [1.807, 2.05) is 0 Å². The summed E-state index contributed by atoms with van der Waals surface area (Å²) in [6, 6.07) is 2.96. The highest BCUT2D eigenvalue weighted by Crippen LogP contribution is 2.36. The summed E-state index contributed by atoms with van der Waals surface area (Å²) in [5.74, 6) is -0.135. The van der Waals surface area contributed by atoms with Crippen molar-refractivity contribution in [3.63, 3.8) is 0 Å². The van der Waals surface area contributed by atoms with Crippen LogP contribution >= 0.6 is 0 Å². The van der Waals surface area contributed by atoms with Crippen molar-refractivity contribution in [3.05, 3.63) is 17.7 Å². The number of carbonyl (C=O) groups excluding carboxylic acids is 2. The summed E-state index contributed by atoms with van der Waals surface area (Å²) in [7, 11) is 5.82. The number of ether oxygens (including phenoxy) is 3. The van der Waals surface area contributed by atoms with Crippen LogP contribution in [0.3, 0.4) is 0 Å². The molecule has 2 N–H and O–H groups in total. The number of methoxy groups -OCH3 is 3. The number of amides is 1. The van der Waals surface area contributed by atoms with Crippen LogP contribution in [0.15, 0.2) is 12.1 Å². The Labute approximate surface area is 117 Å². The molecule has 20 heavy (non-hydrogen) atoms. The van der Waals surface area contributed by atoms with Gasteiger partial charge in [-0.05, 0) is 19.2 Å². The van der Waals surface area contributed by atoms with Gasteiger partial charge < -0.3 is 24.8 Å². The van der Waals surface area contributed by atoms with Crippen molar-refractivity contribution in [1.82, 2.24) is 5.32 Å². The van der Waals surface area contributed by atoms with Gasteiger partial charge in [0.1, 0.15) is 0 Å². The molecule has 0 saturated heterocycles. The topological polar surface area (TPSA) is 85.9 Å². The van der Waals surface area contributed by atoms with Gasteiger partial charge >= 0.3 is 5.97 Å². The predicted molar refractivity (Wildman–Crippen MR) is 73.4 cm³/mol. The van der Waals surface area contributed by atoms with Crippen molar-refractivity contribution in [3.8, 4) is 11.5 Å². The van der Waals surface area contributed by atoms with Gasteiger partial charge in [-0.25, -0.2) is 4.79 Å². The average Bonchev–Trinajstić information content (AvgIpc) is 2.45. The van der Waals surface area contributed by atoms with Crippen molar-refractivity contribution in [2.45, 2.75) is 0 Å². The van der Waals surface area contributed by atoms with Crippen molar-refractivity contribution >= 4 is 17.6 Å². The van der Waals surface area contributed by atoms with Gasteiger partial charge in [0.25, 0.3) is 0 Å². The zero-order valence-electron chi connectivity index (χ0n) is 11.9. The third-order valence-electron chi connectivity index (χ3n) is 2.51. The maximum atomic E-state index is 11.6. The van der Waals surface area contributed by atoms with Gasteiger partial charge in [0.2, 0.25) is 5.91 Å². The van der Waals surface area contributed by atoms with Crippen LogP contribution in [0.4, 0.5) is 5.69 Å². The summed E-state index contributed by atoms with van der Waals surface area (Å²) < 4.78 is 15.0. The minimum atomic E-state index is -0.532. The number of rotatable bonds is 6. The van der Waals surface area contributed by atoms with Crippen LogP contribution in [0, 0.1) is 0 Å². The molecule has 1 amide bonds. The summed E-state index contributed by atoms with van der Waals surface area (Å²) in [6.07, 6.45) is 0. The summed E-state index contributed by atoms with van der Waals surface area (Å²) in [5, 5.41) is 5.37. The molecule has 0 saturated carbocycles. The van der Waals surface area contributed by atoms with Crippen LogP contribution in [0.2, 0.25) is 0 Å². The van der Waals surface area contributed by atoms with E-state index in [1.165, 1.54) is 33.5 Å². The molecule has 0 radical (unpaired) electrons. The molecule has 0 unspecified atom stereocenters. The first-order valence-corrected chi connectivity index (χ1v) is 5.86. The second-order valence-electron chi connectivity index (χ2n) is 3.83. The zero-order valence-corrected chi connectivity index (χ0v) is 11.9. The number of anilines is 1. The lowest BCUT2D eigenvalue weighted by atomic mass is 10.1. The van der Waals surface area contributed by atoms with Crippen molar-refractivity contribution in [2.24, 2.45) is 0 Å². The predicted octanol–water partition coefficient (Wildman–Crippen LogP) is 0.648. The molecule has 0 atom stereocenters. The quantitative estimate of drug-likeness (QED) is 0.745. The Hall–Kier alpha value is -2.28. The second-order valence-corrected chi connectivity index (χ2v) is 3.83. The van der Waals surface area contributed by atoms with Crippen LogP contribution in [0.5, 0.6) is 11.5 Å². The summed E-state index contributed by atoms with van der Waals surface area (Å²) >= 11 is 0. The van der Waals surface area contributed by atoms with E-state index in [2.05, 4.69) is 15.4 Å². The van der Waals surface area contributed by atoms with Crippen molar-refractivity contribution < 1.29 is 23.8 Å². The van der Waals surface area contributed by atoms with Gasteiger partial charge in [-0.1, -0.05) is 0 Å². The third kappa shape index (κ3) is 3.61. The monoisotopic (exact) mass is 282 g/mol. The largest absolute Gasteiger partial charge is 0.493 e. The maximum absolute atomic E-state index is 11.6. The molecule has 0 aliphatic rings. The lowest BCUT2D eigenvalue weighted by molar-refractivity contribution is -0.115. The second kappa shape index (κ2) is 7.34. The molecule has 0 fully saturated rings. The SMILES string of the molecule is CNCC(=O)Nc1cc(C(=O)OC)cc(OC)c1OC. The Morgan fingerprint density at radius 3 is 2.35 bits per heavy atom. The Bertz CT molecular complexity index is 502. The summed E-state index contributed by atoms with van der Waals surface area (Å²) in [4.78, 5) is 23.2. The van der Waals surface area contributed by atoms with Crippen LogP contribution in [-0.2, 0) is 9.53 Å². The fourth-order valence-corrected chi connectivity index (χ4v) is 1.65. The Balaban J connectivity index is 3.23. The molecule has 0 heterocycles. The van der Waals surface area contributed by atoms with Gasteiger partial charge in [-0.2, -0.15) is 0 Å². The first-order valence-electron chi connectivity index (χ1n) is 5.86. The number of likely N-dealkylation sites (N-methyl/N-ethyl adjacent to an activating group) is 1. The number of nitrogens with one attached hydrogen (secondary N) is 2. The van der Waals surface area contributed by atoms with Crippen LogP contribution in [-0.4, -0.2) is 46.8 Å². The molecule has 1 aromatic rings. The molecular weight excluding hydrogens is 264 g/mol. The molecule has 1 aromatic carbocycles. The number of esters is 1. The van der Waals surface area contributed by atoms with Gasteiger partial charge in [0.15, 0.2) is 11.5 Å². The Morgan fingerprint density at radius 1 is 1.15 bits per heavy atom. The first kappa shape index (κ1) is 15.8. The van der Waals surface area contributed by atoms with E-state index < -0.39 is 5.97 Å². The van der Waals surface area contributed by atoms with Gasteiger partial charge in [0, 0.05) is 0 Å². The highest BCUT2D eigenvalue weighted by molar-refractivity contribution is 5.98. The fraction of sp³-hybridized carbons (Fsp3) is 0.385. The maximum Gasteiger partial charge on any atom is 0.338 e. The number of hydrogen-bond acceptors (Lipinski definition) is 6. The van der Waals surface area contributed by atoms with Crippen molar-refractivity contribution in [1.29, 1.82) is 0 Å². The van der Waals surface area contributed by atoms with E-state index in [1.54, 1.807) is 7.05 Å². The van der Waals surface area contributed by atoms with Crippen LogP contribution < -0.4 is 20.1 Å². The fourth-order valence-electron chi connectivity index (χ4n) is 1.65. The number of benzene rings is 1. The Morgan fingerprint density at radius 2 is 1.85 bits per heavy atom. The molecule has 0 aliphatic carbocycles. The van der Waals surface area contributed by atoms with Crippen LogP contribution in [0.25, 0.3) is 0 Å². The smallest absolute Gasteiger partial charge is 0.338 e. The number of hydrogen-bond donors (Lipinski definition) is 2. The highest BCUT2D eigenvalue weighted by Gasteiger charge is 2.18. The van der Waals surface area contributed by atoms with E-state index in [-0.39, 0.29) is 18.0 Å². The van der Waals surface area contributed by atoms with Gasteiger partial charge in [0.05, 0.1) is 39.1 Å². The van der Waals surface area contributed by atoms with Gasteiger partial charge in [-0.15, -0.1) is 0 Å². The highest BCUT2D eigenvalue weighted by atomic mass is 16.5. The lowest BCUT2D eigenvalue weighted by Crippen LogP contribution is -2.25. The zero-order chi connectivity index (χ0) is 15.1. The van der Waals surface area contributed by atoms with E-state index in [0.717, 1.165) is 0 Å². The molecule has 1 rings (SSSR count). The molecule has 7 nitrogen and oxygen atoms in total. The molecule has 0 bridgehead atoms. The molecule has 0 spiro atoms. The molecular formula is C13H18N2O5. The van der Waals surface area contributed by atoms with Crippen LogP contribution in [0.1, 0.15) is 10.4 Å². The lowest BCUT2D eigenvalue weighted by Gasteiger charge is -2.15. The minimum absolute atomic E-state index is 0.133. The number of carbonyl (C=O) groups is 2. The first-order chi connectivity index (χ1) is 9.57. The minimum Gasteiger partial charge on any atom is -0.493 e. The van der Waals surface area contributed by atoms with E-state index in [0.29, 0.717) is 17.2 Å². The molecule has 0 aliphatic heterocycles. The molecule has 0 aromatic heterocycles. The Kier molecular flexibility index (Phi) is 5.79. The van der Waals surface area contributed by atoms with E-state index in [4.69, 9.17) is 9.47 Å². The van der Waals surface area contributed by atoms with E-state index >= 15 is 0 Å². The van der Waals surface area contributed by atoms with Crippen molar-refractivity contribution in [2.75, 3.05) is 40.2 Å². The van der Waals surface area contributed by atoms with Gasteiger partial charge in [-0.3, -0.25) is 4.79 Å². The normalized spacial score (nSPS) is 9.80. The molecule has 110 valence electrons. The standard InChI is InChI=1S/C13H18N2O5/c1-14-7-11(16)15-9-5-8(13(17)20-4)6-10(18-2)12(9)19-3/h5-6,14H,7H2,1-4H3,(H,15,16). The summed E-state index contributed by atoms with van der Waals surface area (Å²) in [5.41, 5.74) is 0.595.